The molecule has 0 radical (unpaired) electrons. The molecule has 108 valence electrons. The van der Waals surface area contributed by atoms with E-state index < -0.39 is 10.0 Å². The van der Waals surface area contributed by atoms with E-state index in [1.54, 1.807) is 29.1 Å². The van der Waals surface area contributed by atoms with Gasteiger partial charge in [0.1, 0.15) is 5.82 Å². The minimum atomic E-state index is -3.55. The summed E-state index contributed by atoms with van der Waals surface area (Å²) < 4.78 is 29.0. The second-order valence-corrected chi connectivity index (χ2v) is 6.55. The van der Waals surface area contributed by atoms with Crippen LogP contribution >= 0.6 is 0 Å². The summed E-state index contributed by atoms with van der Waals surface area (Å²) in [6.07, 6.45) is 3.42. The van der Waals surface area contributed by atoms with Gasteiger partial charge in [0.2, 0.25) is 10.0 Å². The summed E-state index contributed by atoms with van der Waals surface area (Å²) in [7, 11) is -1.72. The van der Waals surface area contributed by atoms with Gasteiger partial charge in [0, 0.05) is 19.4 Å². The van der Waals surface area contributed by atoms with Gasteiger partial charge in [-0.15, -0.1) is 0 Å². The summed E-state index contributed by atoms with van der Waals surface area (Å²) in [5.74, 6) is 0.666. The van der Waals surface area contributed by atoms with Crippen LogP contribution in [0.4, 0.5) is 0 Å². The first-order valence-corrected chi connectivity index (χ1v) is 7.99. The van der Waals surface area contributed by atoms with Crippen LogP contribution in [0.5, 0.6) is 0 Å². The number of benzene rings is 2. The highest BCUT2D eigenvalue weighted by Gasteiger charge is 2.15. The molecule has 0 amide bonds. The lowest BCUT2D eigenvalue weighted by molar-refractivity contribution is 0.577. The van der Waals surface area contributed by atoms with E-state index in [4.69, 9.17) is 0 Å². The molecule has 3 rings (SSSR count). The minimum Gasteiger partial charge on any atom is -0.337 e. The summed E-state index contributed by atoms with van der Waals surface area (Å²) in [5.41, 5.74) is 0. The molecule has 3 aromatic rings. The SMILES string of the molecule is Cn1ccnc1CNS(=O)(=O)c1ccc2ccccc2c1. The van der Waals surface area contributed by atoms with Gasteiger partial charge in [0.25, 0.3) is 0 Å². The number of nitrogens with zero attached hydrogens (tertiary/aromatic N) is 2. The molecule has 21 heavy (non-hydrogen) atoms. The van der Waals surface area contributed by atoms with Crippen molar-refractivity contribution in [3.63, 3.8) is 0 Å². The molecule has 2 aromatic carbocycles. The predicted molar refractivity (Wildman–Crippen MR) is 81.2 cm³/mol. The van der Waals surface area contributed by atoms with Crippen LogP contribution in [-0.4, -0.2) is 18.0 Å². The molecular formula is C15H15N3O2S. The molecule has 0 aliphatic carbocycles. The molecule has 5 nitrogen and oxygen atoms in total. The van der Waals surface area contributed by atoms with Crippen LogP contribution in [-0.2, 0) is 23.6 Å². The Morgan fingerprint density at radius 3 is 2.62 bits per heavy atom. The van der Waals surface area contributed by atoms with Crippen LogP contribution in [0.15, 0.2) is 59.8 Å². The van der Waals surface area contributed by atoms with E-state index in [1.807, 2.05) is 37.4 Å². The Bertz CT molecular complexity index is 885. The first-order chi connectivity index (χ1) is 10.1. The number of sulfonamides is 1. The van der Waals surface area contributed by atoms with Gasteiger partial charge >= 0.3 is 0 Å². The topological polar surface area (TPSA) is 64.0 Å². The van der Waals surface area contributed by atoms with Gasteiger partial charge < -0.3 is 4.57 Å². The van der Waals surface area contributed by atoms with E-state index in [2.05, 4.69) is 9.71 Å². The van der Waals surface area contributed by atoms with Gasteiger partial charge in [-0.3, -0.25) is 0 Å². The second-order valence-electron chi connectivity index (χ2n) is 4.79. The number of aryl methyl sites for hydroxylation is 1. The van der Waals surface area contributed by atoms with Crippen LogP contribution in [0.2, 0.25) is 0 Å². The van der Waals surface area contributed by atoms with E-state index in [1.165, 1.54) is 0 Å². The van der Waals surface area contributed by atoms with E-state index in [0.29, 0.717) is 5.82 Å². The zero-order valence-electron chi connectivity index (χ0n) is 11.5. The van der Waals surface area contributed by atoms with Crippen molar-refractivity contribution >= 4 is 20.8 Å². The molecule has 1 heterocycles. The van der Waals surface area contributed by atoms with Crippen molar-refractivity contribution in [3.8, 4) is 0 Å². The Morgan fingerprint density at radius 2 is 1.90 bits per heavy atom. The van der Waals surface area contributed by atoms with Crippen LogP contribution in [0.1, 0.15) is 5.82 Å². The van der Waals surface area contributed by atoms with Crippen LogP contribution in [0, 0.1) is 0 Å². The maximum atomic E-state index is 12.3. The number of nitrogens with one attached hydrogen (secondary N) is 1. The molecule has 0 bridgehead atoms. The molecule has 0 saturated heterocycles. The van der Waals surface area contributed by atoms with Crippen molar-refractivity contribution in [1.29, 1.82) is 0 Å². The molecule has 0 aliphatic rings. The Morgan fingerprint density at radius 1 is 1.14 bits per heavy atom. The van der Waals surface area contributed by atoms with Crippen LogP contribution in [0.3, 0.4) is 0 Å². The Balaban J connectivity index is 1.87. The highest BCUT2D eigenvalue weighted by atomic mass is 32.2. The van der Waals surface area contributed by atoms with Crippen molar-refractivity contribution in [2.45, 2.75) is 11.4 Å². The normalized spacial score (nSPS) is 11.9. The van der Waals surface area contributed by atoms with Gasteiger partial charge in [-0.1, -0.05) is 30.3 Å². The van der Waals surface area contributed by atoms with Crippen molar-refractivity contribution < 1.29 is 8.42 Å². The largest absolute Gasteiger partial charge is 0.337 e. The fraction of sp³-hybridized carbons (Fsp3) is 0.133. The molecule has 0 fully saturated rings. The highest BCUT2D eigenvalue weighted by Crippen LogP contribution is 2.18. The molecule has 1 aromatic heterocycles. The van der Waals surface area contributed by atoms with E-state index >= 15 is 0 Å². The fourth-order valence-corrected chi connectivity index (χ4v) is 3.16. The summed E-state index contributed by atoms with van der Waals surface area (Å²) in [4.78, 5) is 4.36. The molecule has 6 heteroatoms. The number of hydrogen-bond donors (Lipinski definition) is 1. The van der Waals surface area contributed by atoms with Crippen molar-refractivity contribution in [2.24, 2.45) is 7.05 Å². The summed E-state index contributed by atoms with van der Waals surface area (Å²) in [6, 6.07) is 12.8. The maximum absolute atomic E-state index is 12.3. The minimum absolute atomic E-state index is 0.165. The van der Waals surface area contributed by atoms with E-state index in [0.717, 1.165) is 10.8 Å². The summed E-state index contributed by atoms with van der Waals surface area (Å²) in [6.45, 7) is 0.165. The molecule has 1 N–H and O–H groups in total. The third-order valence-corrected chi connectivity index (χ3v) is 4.77. The fourth-order valence-electron chi connectivity index (χ4n) is 2.14. The monoisotopic (exact) mass is 301 g/mol. The Kier molecular flexibility index (Phi) is 3.48. The first-order valence-electron chi connectivity index (χ1n) is 6.51. The smallest absolute Gasteiger partial charge is 0.240 e. The lowest BCUT2D eigenvalue weighted by atomic mass is 10.1. The molecule has 0 spiro atoms. The molecular weight excluding hydrogens is 286 g/mol. The van der Waals surface area contributed by atoms with Crippen molar-refractivity contribution in [2.75, 3.05) is 0 Å². The maximum Gasteiger partial charge on any atom is 0.240 e. The van der Waals surface area contributed by atoms with Crippen molar-refractivity contribution in [1.82, 2.24) is 14.3 Å². The van der Waals surface area contributed by atoms with Gasteiger partial charge in [-0.05, 0) is 22.9 Å². The Labute approximate surface area is 123 Å². The van der Waals surface area contributed by atoms with E-state index in [9.17, 15) is 8.42 Å². The lowest BCUT2D eigenvalue weighted by Gasteiger charge is -2.08. The average molecular weight is 301 g/mol. The number of fused-ring (bicyclic) bond motifs is 1. The standard InChI is InChI=1S/C15H15N3O2S/c1-18-9-8-16-15(18)11-17-21(19,20)14-7-6-12-4-2-3-5-13(12)10-14/h2-10,17H,11H2,1H3. The second kappa shape index (κ2) is 5.31. The van der Waals surface area contributed by atoms with Gasteiger partial charge in [0.05, 0.1) is 11.4 Å². The number of rotatable bonds is 4. The van der Waals surface area contributed by atoms with Gasteiger partial charge in [-0.25, -0.2) is 18.1 Å². The number of imidazole rings is 1. The van der Waals surface area contributed by atoms with Crippen LogP contribution in [0.25, 0.3) is 10.8 Å². The first kappa shape index (κ1) is 13.8. The quantitative estimate of drug-likeness (QED) is 0.802. The molecule has 0 unspecified atom stereocenters. The van der Waals surface area contributed by atoms with E-state index in [-0.39, 0.29) is 11.4 Å². The number of aromatic nitrogens is 2. The lowest BCUT2D eigenvalue weighted by Crippen LogP contribution is -2.24. The van der Waals surface area contributed by atoms with Crippen molar-refractivity contribution in [3.05, 3.63) is 60.7 Å². The third-order valence-electron chi connectivity index (χ3n) is 3.37. The third kappa shape index (κ3) is 2.81. The Hall–Kier alpha value is -2.18. The zero-order chi connectivity index (χ0) is 14.9. The summed E-state index contributed by atoms with van der Waals surface area (Å²) in [5, 5.41) is 1.91. The molecule has 0 aliphatic heterocycles. The average Bonchev–Trinajstić information content (AvgIpc) is 2.90. The van der Waals surface area contributed by atoms with Crippen LogP contribution < -0.4 is 4.72 Å². The number of hydrogen-bond acceptors (Lipinski definition) is 3. The zero-order valence-corrected chi connectivity index (χ0v) is 12.3. The molecule has 0 atom stereocenters. The predicted octanol–water partition coefficient (Wildman–Crippen LogP) is 2.05. The molecule has 0 saturated carbocycles. The van der Waals surface area contributed by atoms with Gasteiger partial charge in [-0.2, -0.15) is 0 Å². The summed E-state index contributed by atoms with van der Waals surface area (Å²) >= 11 is 0. The van der Waals surface area contributed by atoms with Gasteiger partial charge in [0.15, 0.2) is 0 Å². The highest BCUT2D eigenvalue weighted by molar-refractivity contribution is 7.89.